The van der Waals surface area contributed by atoms with Gasteiger partial charge in [0.05, 0.1) is 25.8 Å². The van der Waals surface area contributed by atoms with Crippen molar-refractivity contribution in [3.63, 3.8) is 0 Å². The molecule has 0 aromatic heterocycles. The predicted molar refractivity (Wildman–Crippen MR) is 63.6 cm³/mol. The monoisotopic (exact) mass is 285 g/mol. The third-order valence-electron chi connectivity index (χ3n) is 3.52. The van der Waals surface area contributed by atoms with Gasteiger partial charge in [-0.25, -0.2) is 4.79 Å². The van der Waals surface area contributed by atoms with Crippen molar-refractivity contribution in [1.29, 1.82) is 0 Å². The molecule has 2 unspecified atom stereocenters. The van der Waals surface area contributed by atoms with E-state index in [0.29, 0.717) is 0 Å². The molecule has 20 heavy (non-hydrogen) atoms. The fourth-order valence-electron chi connectivity index (χ4n) is 2.08. The summed E-state index contributed by atoms with van der Waals surface area (Å²) in [6, 6.07) is -1.33. The number of carboxylic acids is 1. The zero-order valence-electron chi connectivity index (χ0n) is 10.8. The van der Waals surface area contributed by atoms with E-state index in [0.717, 1.165) is 4.90 Å². The summed E-state index contributed by atoms with van der Waals surface area (Å²) in [5.41, 5.74) is -1.22. The van der Waals surface area contributed by atoms with Crippen molar-refractivity contribution in [2.45, 2.75) is 13.0 Å². The van der Waals surface area contributed by atoms with Crippen LogP contribution in [0.2, 0.25) is 0 Å². The topological polar surface area (TPSA) is 125 Å². The molecule has 2 rings (SSSR count). The number of ether oxygens (including phenoxy) is 1. The zero-order valence-corrected chi connectivity index (χ0v) is 10.8. The summed E-state index contributed by atoms with van der Waals surface area (Å²) in [5, 5.41) is 14.0. The Morgan fingerprint density at radius 2 is 2.25 bits per heavy atom. The van der Waals surface area contributed by atoms with Crippen LogP contribution in [0.25, 0.3) is 0 Å². The second-order valence-electron chi connectivity index (χ2n) is 5.00. The van der Waals surface area contributed by atoms with Gasteiger partial charge in [-0.1, -0.05) is 0 Å². The van der Waals surface area contributed by atoms with Crippen LogP contribution in [0, 0.1) is 5.41 Å². The number of urea groups is 1. The lowest BCUT2D eigenvalue weighted by Crippen LogP contribution is -2.52. The normalized spacial score (nSPS) is 29.4. The number of carboxylic acid groups (broad SMARTS) is 1. The highest BCUT2D eigenvalue weighted by molar-refractivity contribution is 6.04. The largest absolute Gasteiger partial charge is 0.481 e. The van der Waals surface area contributed by atoms with Gasteiger partial charge in [-0.2, -0.15) is 0 Å². The van der Waals surface area contributed by atoms with Crippen LogP contribution in [-0.4, -0.2) is 66.2 Å². The highest BCUT2D eigenvalue weighted by Crippen LogP contribution is 2.28. The van der Waals surface area contributed by atoms with Gasteiger partial charge in [0, 0.05) is 0 Å². The van der Waals surface area contributed by atoms with Crippen LogP contribution >= 0.6 is 0 Å². The Hall–Kier alpha value is -2.16. The quantitative estimate of drug-likeness (QED) is 0.520. The molecule has 9 heteroatoms. The van der Waals surface area contributed by atoms with Gasteiger partial charge in [-0.3, -0.25) is 19.3 Å². The first-order valence-corrected chi connectivity index (χ1v) is 6.03. The Morgan fingerprint density at radius 3 is 2.80 bits per heavy atom. The molecule has 2 saturated heterocycles. The van der Waals surface area contributed by atoms with Gasteiger partial charge >= 0.3 is 12.0 Å². The lowest BCUT2D eigenvalue weighted by molar-refractivity contribution is -0.149. The molecule has 110 valence electrons. The Labute approximate surface area is 114 Å². The highest BCUT2D eigenvalue weighted by Gasteiger charge is 2.47. The Balaban J connectivity index is 1.96. The standard InChI is InChI=1S/C11H15N3O6/c1-11(9(17)18)5-20-4-6(11)13-7(15)3-14-8(16)2-12-10(14)19/h6H,2-5H2,1H3,(H,12,19)(H,13,15)(H,17,18). The van der Waals surface area contributed by atoms with Crippen molar-refractivity contribution in [3.8, 4) is 0 Å². The van der Waals surface area contributed by atoms with Crippen molar-refractivity contribution in [3.05, 3.63) is 0 Å². The summed E-state index contributed by atoms with van der Waals surface area (Å²) >= 11 is 0. The predicted octanol–water partition coefficient (Wildman–Crippen LogP) is -1.86. The number of aliphatic carboxylic acids is 1. The smallest absolute Gasteiger partial charge is 0.325 e. The Kier molecular flexibility index (Phi) is 3.62. The van der Waals surface area contributed by atoms with E-state index in [1.54, 1.807) is 0 Å². The Bertz CT molecular complexity index is 463. The molecular weight excluding hydrogens is 270 g/mol. The molecule has 0 aromatic rings. The fourth-order valence-corrected chi connectivity index (χ4v) is 2.08. The third-order valence-corrected chi connectivity index (χ3v) is 3.52. The van der Waals surface area contributed by atoms with Crippen molar-refractivity contribution >= 4 is 23.8 Å². The average molecular weight is 285 g/mol. The van der Waals surface area contributed by atoms with E-state index in [2.05, 4.69) is 10.6 Å². The maximum atomic E-state index is 11.8. The number of carbonyl (C=O) groups excluding carboxylic acids is 3. The molecule has 0 saturated carbocycles. The first-order valence-electron chi connectivity index (χ1n) is 6.03. The van der Waals surface area contributed by atoms with Crippen LogP contribution in [-0.2, 0) is 19.1 Å². The van der Waals surface area contributed by atoms with Crippen molar-refractivity contribution in [1.82, 2.24) is 15.5 Å². The SMILES string of the molecule is CC1(C(=O)O)COCC1NC(=O)CN1C(=O)CNC1=O. The van der Waals surface area contributed by atoms with Gasteiger partial charge in [0.1, 0.15) is 12.0 Å². The van der Waals surface area contributed by atoms with Crippen LogP contribution in [0.5, 0.6) is 0 Å². The van der Waals surface area contributed by atoms with Gasteiger partial charge in [-0.15, -0.1) is 0 Å². The molecule has 2 heterocycles. The summed E-state index contributed by atoms with van der Waals surface area (Å²) in [4.78, 5) is 46.4. The summed E-state index contributed by atoms with van der Waals surface area (Å²) in [6.45, 7) is 0.981. The first kappa shape index (κ1) is 14.3. The van der Waals surface area contributed by atoms with Gasteiger partial charge in [-0.05, 0) is 6.92 Å². The number of rotatable bonds is 4. The van der Waals surface area contributed by atoms with Gasteiger partial charge < -0.3 is 20.5 Å². The fraction of sp³-hybridized carbons (Fsp3) is 0.636. The molecule has 0 aromatic carbocycles. The van der Waals surface area contributed by atoms with Crippen LogP contribution in [0.15, 0.2) is 0 Å². The molecule has 3 N–H and O–H groups in total. The maximum Gasteiger partial charge on any atom is 0.325 e. The second-order valence-corrected chi connectivity index (χ2v) is 5.00. The zero-order chi connectivity index (χ0) is 14.9. The number of imide groups is 1. The molecule has 9 nitrogen and oxygen atoms in total. The van der Waals surface area contributed by atoms with E-state index < -0.39 is 41.8 Å². The van der Waals surface area contributed by atoms with Gasteiger partial charge in [0.15, 0.2) is 0 Å². The van der Waals surface area contributed by atoms with Crippen LogP contribution in [0.4, 0.5) is 4.79 Å². The van der Waals surface area contributed by atoms with E-state index in [4.69, 9.17) is 9.84 Å². The van der Waals surface area contributed by atoms with E-state index in [1.807, 2.05) is 0 Å². The number of hydrogen-bond donors (Lipinski definition) is 3. The molecule has 2 aliphatic heterocycles. The van der Waals surface area contributed by atoms with E-state index >= 15 is 0 Å². The number of nitrogens with zero attached hydrogens (tertiary/aromatic N) is 1. The molecule has 0 radical (unpaired) electrons. The molecule has 0 spiro atoms. The first-order chi connectivity index (χ1) is 9.34. The lowest BCUT2D eigenvalue weighted by Gasteiger charge is -2.26. The third kappa shape index (κ3) is 2.44. The number of amides is 4. The molecule has 0 aliphatic carbocycles. The Morgan fingerprint density at radius 1 is 1.55 bits per heavy atom. The summed E-state index contributed by atoms with van der Waals surface area (Å²) in [5.74, 6) is -2.16. The maximum absolute atomic E-state index is 11.8. The van der Waals surface area contributed by atoms with Crippen LogP contribution in [0.1, 0.15) is 6.92 Å². The summed E-state index contributed by atoms with van der Waals surface area (Å²) < 4.78 is 5.09. The number of nitrogens with one attached hydrogen (secondary N) is 2. The van der Waals surface area contributed by atoms with E-state index in [-0.39, 0.29) is 19.8 Å². The number of hydrogen-bond acceptors (Lipinski definition) is 5. The molecular formula is C11H15N3O6. The van der Waals surface area contributed by atoms with Gasteiger partial charge in [0.2, 0.25) is 5.91 Å². The summed E-state index contributed by atoms with van der Waals surface area (Å²) in [7, 11) is 0. The number of carbonyl (C=O) groups is 4. The van der Waals surface area contributed by atoms with Crippen molar-refractivity contribution in [2.24, 2.45) is 5.41 Å². The molecule has 2 aliphatic rings. The van der Waals surface area contributed by atoms with E-state index in [1.165, 1.54) is 6.92 Å². The molecule has 2 atom stereocenters. The minimum Gasteiger partial charge on any atom is -0.481 e. The van der Waals surface area contributed by atoms with Crippen LogP contribution in [0.3, 0.4) is 0 Å². The molecule has 0 bridgehead atoms. The van der Waals surface area contributed by atoms with Crippen molar-refractivity contribution < 1.29 is 29.0 Å². The lowest BCUT2D eigenvalue weighted by atomic mass is 9.85. The second kappa shape index (κ2) is 5.08. The average Bonchev–Trinajstić information content (AvgIpc) is 2.88. The molecule has 2 fully saturated rings. The van der Waals surface area contributed by atoms with Crippen LogP contribution < -0.4 is 10.6 Å². The summed E-state index contributed by atoms with van der Waals surface area (Å²) in [6.07, 6.45) is 0. The molecule has 4 amide bonds. The van der Waals surface area contributed by atoms with E-state index in [9.17, 15) is 19.2 Å². The highest BCUT2D eigenvalue weighted by atomic mass is 16.5. The minimum absolute atomic E-state index is 0.00356. The van der Waals surface area contributed by atoms with Crippen molar-refractivity contribution in [2.75, 3.05) is 26.3 Å². The van der Waals surface area contributed by atoms with Gasteiger partial charge in [0.25, 0.3) is 5.91 Å². The minimum atomic E-state index is -1.22.